The fraction of sp³-hybridized carbons (Fsp3) is 0.800. The summed E-state index contributed by atoms with van der Waals surface area (Å²) in [5.41, 5.74) is -0.541. The molecule has 7 heteroatoms. The average molecular weight is 391 g/mol. The Morgan fingerprint density at radius 3 is 2.56 bits per heavy atom. The van der Waals surface area contributed by atoms with Gasteiger partial charge in [0.2, 0.25) is 16.9 Å². The van der Waals surface area contributed by atoms with Gasteiger partial charge in [0.15, 0.2) is 0 Å². The molecule has 4 bridgehead atoms. The maximum Gasteiger partial charge on any atom is 0.232 e. The number of carbonyl (C=O) groups is 2. The van der Waals surface area contributed by atoms with Crippen molar-refractivity contribution in [3.63, 3.8) is 0 Å². The van der Waals surface area contributed by atoms with E-state index in [1.54, 1.807) is 6.92 Å². The Hall–Kier alpha value is -1.50. The topological polar surface area (TPSA) is 84.0 Å². The van der Waals surface area contributed by atoms with Crippen LogP contribution in [-0.4, -0.2) is 27.6 Å². The van der Waals surface area contributed by atoms with Crippen LogP contribution in [0.15, 0.2) is 0 Å². The van der Waals surface area contributed by atoms with E-state index >= 15 is 0 Å². The Labute approximate surface area is 164 Å². The molecular formula is C20H30N4O2S. The highest BCUT2D eigenvalue weighted by Gasteiger charge is 2.60. The molecule has 148 valence electrons. The molecule has 5 rings (SSSR count). The average Bonchev–Trinajstić information content (AvgIpc) is 3.00. The fourth-order valence-electron chi connectivity index (χ4n) is 6.21. The minimum absolute atomic E-state index is 0.0216. The van der Waals surface area contributed by atoms with Gasteiger partial charge in [-0.1, -0.05) is 31.1 Å². The minimum Gasteiger partial charge on any atom is -0.351 e. The Balaban J connectivity index is 1.46. The van der Waals surface area contributed by atoms with Crippen molar-refractivity contribution in [2.45, 2.75) is 83.6 Å². The van der Waals surface area contributed by atoms with E-state index in [0.717, 1.165) is 50.0 Å². The van der Waals surface area contributed by atoms with E-state index in [9.17, 15) is 9.59 Å². The number of hydrogen-bond acceptors (Lipinski definition) is 5. The molecule has 27 heavy (non-hydrogen) atoms. The van der Waals surface area contributed by atoms with Crippen LogP contribution in [0.4, 0.5) is 5.13 Å². The number of nitrogens with zero attached hydrogens (tertiary/aromatic N) is 2. The molecule has 1 heterocycles. The first-order valence-electron chi connectivity index (χ1n) is 10.3. The number of nitrogens with one attached hydrogen (secondary N) is 2. The molecule has 1 aromatic rings. The normalized spacial score (nSPS) is 33.9. The van der Waals surface area contributed by atoms with E-state index in [0.29, 0.717) is 17.0 Å². The number of rotatable bonds is 7. The summed E-state index contributed by atoms with van der Waals surface area (Å²) in [5.74, 6) is 1.20. The van der Waals surface area contributed by atoms with Crippen molar-refractivity contribution in [1.29, 1.82) is 0 Å². The Bertz CT molecular complexity index is 717. The van der Waals surface area contributed by atoms with Crippen molar-refractivity contribution in [3.8, 4) is 0 Å². The van der Waals surface area contributed by atoms with Gasteiger partial charge in [0.25, 0.3) is 0 Å². The molecule has 4 saturated carbocycles. The second-order valence-corrected chi connectivity index (χ2v) is 10.2. The molecule has 2 N–H and O–H groups in total. The van der Waals surface area contributed by atoms with Crippen LogP contribution in [0.2, 0.25) is 0 Å². The smallest absolute Gasteiger partial charge is 0.232 e. The Morgan fingerprint density at radius 1 is 1.15 bits per heavy atom. The van der Waals surface area contributed by atoms with Crippen LogP contribution in [-0.2, 0) is 16.0 Å². The van der Waals surface area contributed by atoms with E-state index < -0.39 is 0 Å². The van der Waals surface area contributed by atoms with Gasteiger partial charge in [-0.2, -0.15) is 0 Å². The van der Waals surface area contributed by atoms with Crippen LogP contribution in [0.3, 0.4) is 0 Å². The number of unbranched alkanes of at least 4 members (excludes halogenated alkanes) is 2. The molecule has 2 amide bonds. The highest BCUT2D eigenvalue weighted by molar-refractivity contribution is 7.15. The van der Waals surface area contributed by atoms with E-state index in [1.807, 2.05) is 0 Å². The summed E-state index contributed by atoms with van der Waals surface area (Å²) in [6, 6.07) is 0. The molecule has 0 aromatic carbocycles. The number of aryl methyl sites for hydroxylation is 1. The third-order valence-electron chi connectivity index (χ3n) is 6.67. The SMILES string of the molecule is CCCCCc1nnc(NC(=O)C23C[C@@H]4C[C@@H](CC(NC(C)=O)(C4)C2)C3)s1. The van der Waals surface area contributed by atoms with Gasteiger partial charge in [0.1, 0.15) is 5.01 Å². The van der Waals surface area contributed by atoms with Crippen LogP contribution in [0, 0.1) is 17.3 Å². The van der Waals surface area contributed by atoms with Gasteiger partial charge in [0.05, 0.1) is 5.41 Å². The summed E-state index contributed by atoms with van der Waals surface area (Å²) < 4.78 is 0. The van der Waals surface area contributed by atoms with Crippen LogP contribution < -0.4 is 10.6 Å². The molecule has 0 aliphatic heterocycles. The fourth-order valence-corrected chi connectivity index (χ4v) is 6.99. The number of anilines is 1. The van der Waals surface area contributed by atoms with Crippen molar-refractivity contribution in [2.24, 2.45) is 17.3 Å². The molecule has 4 fully saturated rings. The van der Waals surface area contributed by atoms with Crippen molar-refractivity contribution >= 4 is 28.3 Å². The first-order valence-corrected chi connectivity index (χ1v) is 11.2. The molecule has 4 atom stereocenters. The van der Waals surface area contributed by atoms with Gasteiger partial charge in [-0.05, 0) is 56.8 Å². The highest BCUT2D eigenvalue weighted by Crippen LogP contribution is 2.61. The molecule has 1 aromatic heterocycles. The minimum atomic E-state index is -0.361. The third-order valence-corrected chi connectivity index (χ3v) is 7.56. The summed E-state index contributed by atoms with van der Waals surface area (Å²) in [5, 5.41) is 16.3. The zero-order valence-electron chi connectivity index (χ0n) is 16.3. The molecule has 0 radical (unpaired) electrons. The van der Waals surface area contributed by atoms with Crippen molar-refractivity contribution in [3.05, 3.63) is 5.01 Å². The summed E-state index contributed by atoms with van der Waals surface area (Å²) >= 11 is 1.50. The second-order valence-electron chi connectivity index (χ2n) is 9.12. The molecule has 4 aliphatic rings. The molecule has 0 spiro atoms. The largest absolute Gasteiger partial charge is 0.351 e. The summed E-state index contributed by atoms with van der Waals surface area (Å²) in [6.07, 6.45) is 10.3. The lowest BCUT2D eigenvalue weighted by Crippen LogP contribution is -2.65. The van der Waals surface area contributed by atoms with Gasteiger partial charge in [-0.15, -0.1) is 10.2 Å². The predicted octanol–water partition coefficient (Wildman–Crippen LogP) is 3.68. The van der Waals surface area contributed by atoms with Crippen molar-refractivity contribution in [1.82, 2.24) is 15.5 Å². The second kappa shape index (κ2) is 7.15. The van der Waals surface area contributed by atoms with Gasteiger partial charge in [-0.3, -0.25) is 9.59 Å². The van der Waals surface area contributed by atoms with Crippen LogP contribution in [0.5, 0.6) is 0 Å². The number of hydrogen-bond donors (Lipinski definition) is 2. The number of carbonyl (C=O) groups excluding carboxylic acids is 2. The van der Waals surface area contributed by atoms with Gasteiger partial charge >= 0.3 is 0 Å². The summed E-state index contributed by atoms with van der Waals surface area (Å²) in [6.45, 7) is 3.78. The van der Waals surface area contributed by atoms with Gasteiger partial charge in [-0.25, -0.2) is 0 Å². The molecule has 4 aliphatic carbocycles. The van der Waals surface area contributed by atoms with Crippen LogP contribution in [0.25, 0.3) is 0 Å². The predicted molar refractivity (Wildman–Crippen MR) is 105 cm³/mol. The van der Waals surface area contributed by atoms with E-state index in [2.05, 4.69) is 27.8 Å². The summed E-state index contributed by atoms with van der Waals surface area (Å²) in [4.78, 5) is 25.1. The Kier molecular flexibility index (Phi) is 4.99. The Morgan fingerprint density at radius 2 is 1.89 bits per heavy atom. The maximum absolute atomic E-state index is 13.3. The van der Waals surface area contributed by atoms with Crippen molar-refractivity contribution < 1.29 is 9.59 Å². The number of amides is 2. The monoisotopic (exact) mass is 390 g/mol. The zero-order valence-corrected chi connectivity index (χ0v) is 17.2. The lowest BCUT2D eigenvalue weighted by atomic mass is 9.46. The van der Waals surface area contributed by atoms with E-state index in [1.165, 1.54) is 30.6 Å². The molecule has 6 nitrogen and oxygen atoms in total. The van der Waals surface area contributed by atoms with Crippen LogP contribution in [0.1, 0.15) is 76.6 Å². The van der Waals surface area contributed by atoms with Gasteiger partial charge in [0, 0.05) is 18.9 Å². The quantitative estimate of drug-likeness (QED) is 0.696. The third kappa shape index (κ3) is 3.75. The first-order chi connectivity index (χ1) is 12.9. The maximum atomic E-state index is 13.3. The van der Waals surface area contributed by atoms with Crippen LogP contribution >= 0.6 is 11.3 Å². The van der Waals surface area contributed by atoms with Gasteiger partial charge < -0.3 is 10.6 Å². The lowest BCUT2D eigenvalue weighted by molar-refractivity contribution is -0.148. The number of aromatic nitrogens is 2. The van der Waals surface area contributed by atoms with E-state index in [4.69, 9.17) is 0 Å². The van der Waals surface area contributed by atoms with E-state index in [-0.39, 0.29) is 22.8 Å². The molecule has 2 unspecified atom stereocenters. The zero-order chi connectivity index (χ0) is 19.1. The lowest BCUT2D eigenvalue weighted by Gasteiger charge is -2.61. The first kappa shape index (κ1) is 18.8. The summed E-state index contributed by atoms with van der Waals surface area (Å²) in [7, 11) is 0. The molecular weight excluding hydrogens is 360 g/mol. The highest BCUT2D eigenvalue weighted by atomic mass is 32.1. The van der Waals surface area contributed by atoms with Crippen molar-refractivity contribution in [2.75, 3.05) is 5.32 Å². The molecule has 0 saturated heterocycles. The standard InChI is InChI=1S/C20H30N4O2S/c1-3-4-5-6-16-23-24-18(27-16)21-17(26)19-8-14-7-15(9-19)11-20(10-14,12-19)22-13(2)25/h14-15H,3-12H2,1-2H3,(H,22,25)(H,21,24,26)/t14-,15+,19?,20?.